The summed E-state index contributed by atoms with van der Waals surface area (Å²) in [5.41, 5.74) is 8.16. The second-order valence-electron chi connectivity index (χ2n) is 5.62. The van der Waals surface area contributed by atoms with Crippen molar-refractivity contribution in [2.24, 2.45) is 0 Å². The quantitative estimate of drug-likeness (QED) is 0.336. The number of hydrogen-bond donors (Lipinski definition) is 2. The van der Waals surface area contributed by atoms with E-state index in [9.17, 15) is 0 Å². The Morgan fingerprint density at radius 3 is 2.63 bits per heavy atom. The standard InChI is InChI=1S/C19H13BrIN5O/c20-14-7-8-15(17-13(14)2-1-9-23-17)27-19-16(22)18(24-10-25-19)26-12-5-3-11(21)4-6-12/h1-10H,22H2,(H,24,25,26). The number of fused-ring (bicyclic) bond motifs is 1. The predicted molar refractivity (Wildman–Crippen MR) is 118 cm³/mol. The Kier molecular flexibility index (Phi) is 5.08. The molecule has 0 saturated carbocycles. The molecule has 2 aromatic carbocycles. The van der Waals surface area contributed by atoms with Crippen molar-refractivity contribution in [3.63, 3.8) is 0 Å². The van der Waals surface area contributed by atoms with Gasteiger partial charge in [0.2, 0.25) is 5.88 Å². The van der Waals surface area contributed by atoms with Gasteiger partial charge in [-0.25, -0.2) is 4.98 Å². The zero-order chi connectivity index (χ0) is 18.8. The third-order valence-electron chi connectivity index (χ3n) is 3.84. The van der Waals surface area contributed by atoms with Gasteiger partial charge >= 0.3 is 0 Å². The molecule has 0 amide bonds. The number of rotatable bonds is 4. The third-order valence-corrected chi connectivity index (χ3v) is 5.25. The van der Waals surface area contributed by atoms with Crippen molar-refractivity contribution < 1.29 is 4.74 Å². The molecule has 8 heteroatoms. The number of pyridine rings is 1. The highest BCUT2D eigenvalue weighted by Crippen LogP contribution is 2.35. The highest BCUT2D eigenvalue weighted by atomic mass is 127. The maximum atomic E-state index is 6.24. The zero-order valence-corrected chi connectivity index (χ0v) is 17.6. The second kappa shape index (κ2) is 7.65. The van der Waals surface area contributed by atoms with Gasteiger partial charge in [0.05, 0.1) is 0 Å². The van der Waals surface area contributed by atoms with Crippen molar-refractivity contribution in [1.82, 2.24) is 15.0 Å². The molecule has 0 aliphatic carbocycles. The zero-order valence-electron chi connectivity index (χ0n) is 13.9. The highest BCUT2D eigenvalue weighted by molar-refractivity contribution is 14.1. The first-order valence-electron chi connectivity index (χ1n) is 7.96. The van der Waals surface area contributed by atoms with Crippen LogP contribution in [0.25, 0.3) is 10.9 Å². The van der Waals surface area contributed by atoms with Crippen molar-refractivity contribution in [2.75, 3.05) is 11.1 Å². The number of nitrogens with zero attached hydrogens (tertiary/aromatic N) is 3. The summed E-state index contributed by atoms with van der Waals surface area (Å²) in [6.07, 6.45) is 3.13. The molecule has 4 aromatic rings. The number of hydrogen-bond acceptors (Lipinski definition) is 6. The number of nitrogens with two attached hydrogens (primary N) is 1. The largest absolute Gasteiger partial charge is 0.435 e. The molecule has 0 saturated heterocycles. The molecule has 0 radical (unpaired) electrons. The van der Waals surface area contributed by atoms with Gasteiger partial charge in [0.1, 0.15) is 17.5 Å². The molecule has 0 unspecified atom stereocenters. The molecular weight excluding hydrogens is 521 g/mol. The average molecular weight is 534 g/mol. The van der Waals surface area contributed by atoms with Gasteiger partial charge < -0.3 is 15.8 Å². The summed E-state index contributed by atoms with van der Waals surface area (Å²) in [7, 11) is 0. The lowest BCUT2D eigenvalue weighted by atomic mass is 10.2. The van der Waals surface area contributed by atoms with Gasteiger partial charge in [-0.1, -0.05) is 22.0 Å². The first kappa shape index (κ1) is 17.9. The van der Waals surface area contributed by atoms with Gasteiger partial charge in [-0.3, -0.25) is 4.98 Å². The normalized spacial score (nSPS) is 10.7. The summed E-state index contributed by atoms with van der Waals surface area (Å²) in [5, 5.41) is 4.13. The van der Waals surface area contributed by atoms with Crippen molar-refractivity contribution >= 4 is 66.6 Å². The number of nitrogens with one attached hydrogen (secondary N) is 1. The van der Waals surface area contributed by atoms with Crippen molar-refractivity contribution in [3.8, 4) is 11.6 Å². The van der Waals surface area contributed by atoms with Gasteiger partial charge in [-0.2, -0.15) is 4.98 Å². The van der Waals surface area contributed by atoms with Crippen LogP contribution >= 0.6 is 38.5 Å². The third kappa shape index (κ3) is 3.81. The summed E-state index contributed by atoms with van der Waals surface area (Å²) in [5.74, 6) is 1.32. The number of anilines is 3. The van der Waals surface area contributed by atoms with E-state index >= 15 is 0 Å². The minimum atomic E-state index is 0.271. The van der Waals surface area contributed by atoms with E-state index in [1.54, 1.807) is 6.20 Å². The van der Waals surface area contributed by atoms with E-state index in [0.717, 1.165) is 24.6 Å². The van der Waals surface area contributed by atoms with Crippen LogP contribution in [0.15, 0.2) is 65.5 Å². The minimum absolute atomic E-state index is 0.271. The van der Waals surface area contributed by atoms with Crippen LogP contribution in [0.4, 0.5) is 17.2 Å². The van der Waals surface area contributed by atoms with Gasteiger partial charge in [-0.05, 0) is 65.1 Å². The lowest BCUT2D eigenvalue weighted by molar-refractivity contribution is 0.469. The van der Waals surface area contributed by atoms with E-state index in [-0.39, 0.29) is 5.88 Å². The number of halogens is 2. The van der Waals surface area contributed by atoms with E-state index in [4.69, 9.17) is 10.5 Å². The highest BCUT2D eigenvalue weighted by Gasteiger charge is 2.13. The van der Waals surface area contributed by atoms with Crippen molar-refractivity contribution in [2.45, 2.75) is 0 Å². The summed E-state index contributed by atoms with van der Waals surface area (Å²) >= 11 is 5.78. The molecule has 2 aromatic heterocycles. The van der Waals surface area contributed by atoms with E-state index in [2.05, 4.69) is 58.8 Å². The Balaban J connectivity index is 1.68. The molecule has 3 N–H and O–H groups in total. The maximum Gasteiger partial charge on any atom is 0.248 e. The van der Waals surface area contributed by atoms with Gasteiger partial charge in [-0.15, -0.1) is 0 Å². The van der Waals surface area contributed by atoms with Gasteiger partial charge in [0, 0.05) is 25.3 Å². The summed E-state index contributed by atoms with van der Waals surface area (Å²) in [4.78, 5) is 12.8. The number of benzene rings is 2. The molecule has 0 bridgehead atoms. The van der Waals surface area contributed by atoms with Crippen molar-refractivity contribution in [3.05, 3.63) is 69.1 Å². The second-order valence-corrected chi connectivity index (χ2v) is 7.72. The summed E-state index contributed by atoms with van der Waals surface area (Å²) < 4.78 is 8.06. The topological polar surface area (TPSA) is 86.0 Å². The molecule has 0 atom stereocenters. The lowest BCUT2D eigenvalue weighted by Gasteiger charge is -2.13. The van der Waals surface area contributed by atoms with Crippen LogP contribution in [0, 0.1) is 3.57 Å². The fraction of sp³-hybridized carbons (Fsp3) is 0. The Hall–Kier alpha value is -2.46. The van der Waals surface area contributed by atoms with Crippen LogP contribution < -0.4 is 15.8 Å². The SMILES string of the molecule is Nc1c(Nc2ccc(I)cc2)ncnc1Oc1ccc(Br)c2cccnc12. The lowest BCUT2D eigenvalue weighted by Crippen LogP contribution is -2.03. The average Bonchev–Trinajstić information content (AvgIpc) is 2.69. The monoisotopic (exact) mass is 533 g/mol. The fourth-order valence-corrected chi connectivity index (χ4v) is 3.34. The van der Waals surface area contributed by atoms with E-state index < -0.39 is 0 Å². The van der Waals surface area contributed by atoms with E-state index in [1.807, 2.05) is 48.5 Å². The Bertz CT molecular complexity index is 1120. The number of ether oxygens (including phenoxy) is 1. The first-order chi connectivity index (χ1) is 13.1. The molecule has 134 valence electrons. The van der Waals surface area contributed by atoms with Crippen LogP contribution in [-0.2, 0) is 0 Å². The molecule has 2 heterocycles. The first-order valence-corrected chi connectivity index (χ1v) is 9.83. The van der Waals surface area contributed by atoms with Crippen LogP contribution in [0.2, 0.25) is 0 Å². The molecule has 6 nitrogen and oxygen atoms in total. The smallest absolute Gasteiger partial charge is 0.248 e. The Labute approximate surface area is 177 Å². The van der Waals surface area contributed by atoms with Crippen molar-refractivity contribution in [1.29, 1.82) is 0 Å². The molecule has 0 aliphatic rings. The van der Waals surface area contributed by atoms with Crippen LogP contribution in [0.1, 0.15) is 0 Å². The van der Waals surface area contributed by atoms with Gasteiger partial charge in [0.25, 0.3) is 0 Å². The molecular formula is C19H13BrIN5O. The summed E-state index contributed by atoms with van der Waals surface area (Å²) in [6, 6.07) is 15.5. The Morgan fingerprint density at radius 2 is 1.81 bits per heavy atom. The van der Waals surface area contributed by atoms with E-state index in [1.165, 1.54) is 6.33 Å². The molecule has 0 aliphatic heterocycles. The molecule has 0 fully saturated rings. The number of nitrogen functional groups attached to an aromatic ring is 1. The molecule has 0 spiro atoms. The summed E-state index contributed by atoms with van der Waals surface area (Å²) in [6.45, 7) is 0. The molecule has 27 heavy (non-hydrogen) atoms. The van der Waals surface area contributed by atoms with Gasteiger partial charge in [0.15, 0.2) is 11.6 Å². The molecule has 4 rings (SSSR count). The fourth-order valence-electron chi connectivity index (χ4n) is 2.53. The minimum Gasteiger partial charge on any atom is -0.435 e. The van der Waals surface area contributed by atoms with Crippen LogP contribution in [0.5, 0.6) is 11.6 Å². The number of aromatic nitrogens is 3. The van der Waals surface area contributed by atoms with Crippen LogP contribution in [-0.4, -0.2) is 15.0 Å². The Morgan fingerprint density at radius 1 is 1.00 bits per heavy atom. The van der Waals surface area contributed by atoms with E-state index in [0.29, 0.717) is 17.3 Å². The van der Waals surface area contributed by atoms with Crippen LogP contribution in [0.3, 0.4) is 0 Å². The predicted octanol–water partition coefficient (Wildman–Crippen LogP) is 5.51. The maximum absolute atomic E-state index is 6.24.